The quantitative estimate of drug-likeness (QED) is 0.300. The summed E-state index contributed by atoms with van der Waals surface area (Å²) in [5.41, 5.74) is 0. The molecule has 0 aromatic rings. The third kappa shape index (κ3) is 8.16. The molecule has 3 nitrogen and oxygen atoms in total. The lowest BCUT2D eigenvalue weighted by Crippen LogP contribution is -2.42. The molecule has 0 heterocycles. The van der Waals surface area contributed by atoms with Crippen molar-refractivity contribution in [2.45, 2.75) is 52.0 Å². The van der Waals surface area contributed by atoms with E-state index < -0.39 is 0 Å². The molecule has 3 heteroatoms. The van der Waals surface area contributed by atoms with Crippen LogP contribution in [0.25, 0.3) is 0 Å². The van der Waals surface area contributed by atoms with Gasteiger partial charge in [-0.3, -0.25) is 4.99 Å². The Morgan fingerprint density at radius 1 is 1.38 bits per heavy atom. The van der Waals surface area contributed by atoms with Gasteiger partial charge in [0, 0.05) is 13.1 Å². The van der Waals surface area contributed by atoms with Gasteiger partial charge < -0.3 is 10.6 Å². The highest BCUT2D eigenvalue weighted by atomic mass is 15.2. The third-order valence-corrected chi connectivity index (χ3v) is 2.46. The molecule has 0 aliphatic rings. The number of aliphatic imine (C=N–C) groups is 1. The zero-order chi connectivity index (χ0) is 12.2. The molecule has 16 heavy (non-hydrogen) atoms. The second-order valence-corrected chi connectivity index (χ2v) is 4.02. The normalized spacial score (nSPS) is 13.0. The predicted octanol–water partition coefficient (Wildman–Crippen LogP) is 2.14. The third-order valence-electron chi connectivity index (χ3n) is 2.46. The van der Waals surface area contributed by atoms with Crippen LogP contribution in [-0.2, 0) is 0 Å². The van der Waals surface area contributed by atoms with Gasteiger partial charge in [-0.2, -0.15) is 0 Å². The van der Waals surface area contributed by atoms with E-state index in [0.29, 0.717) is 12.6 Å². The summed E-state index contributed by atoms with van der Waals surface area (Å²) in [6.45, 7) is 4.92. The Morgan fingerprint density at radius 3 is 2.69 bits per heavy atom. The molecule has 0 bridgehead atoms. The van der Waals surface area contributed by atoms with Gasteiger partial charge >= 0.3 is 0 Å². The summed E-state index contributed by atoms with van der Waals surface area (Å²) in [4.78, 5) is 4.11. The topological polar surface area (TPSA) is 36.4 Å². The number of unbranched alkanes of at least 4 members (excludes halogenated alkanes) is 3. The molecule has 0 saturated heterocycles. The predicted molar refractivity (Wildman–Crippen MR) is 71.6 cm³/mol. The Hall–Kier alpha value is -1.17. The maximum absolute atomic E-state index is 5.18. The standard InChI is InChI=1S/C13H25N3/c1-5-7-8-9-10-12(3)16-13(14-4)15-11-6-2/h2,12H,5,7-11H2,1,3-4H3,(H2,14,15,16). The zero-order valence-corrected chi connectivity index (χ0v) is 10.8. The van der Waals surface area contributed by atoms with E-state index >= 15 is 0 Å². The van der Waals surface area contributed by atoms with Gasteiger partial charge in [0.05, 0.1) is 6.54 Å². The van der Waals surface area contributed by atoms with E-state index in [4.69, 9.17) is 6.42 Å². The van der Waals surface area contributed by atoms with E-state index in [9.17, 15) is 0 Å². The monoisotopic (exact) mass is 223 g/mol. The Balaban J connectivity index is 3.67. The number of rotatable bonds is 7. The minimum Gasteiger partial charge on any atom is -0.354 e. The van der Waals surface area contributed by atoms with Crippen LogP contribution in [0.15, 0.2) is 4.99 Å². The van der Waals surface area contributed by atoms with Crippen LogP contribution in [-0.4, -0.2) is 25.6 Å². The van der Waals surface area contributed by atoms with Crippen molar-refractivity contribution < 1.29 is 0 Å². The zero-order valence-electron chi connectivity index (χ0n) is 10.8. The van der Waals surface area contributed by atoms with Gasteiger partial charge in [0.25, 0.3) is 0 Å². The molecule has 0 saturated carbocycles. The number of hydrogen-bond acceptors (Lipinski definition) is 1. The molecular formula is C13H25N3. The first-order chi connectivity index (χ1) is 7.74. The van der Waals surface area contributed by atoms with Crippen LogP contribution in [0, 0.1) is 12.3 Å². The summed E-state index contributed by atoms with van der Waals surface area (Å²) in [5, 5.41) is 6.38. The van der Waals surface area contributed by atoms with Crippen LogP contribution < -0.4 is 10.6 Å². The molecule has 1 unspecified atom stereocenters. The van der Waals surface area contributed by atoms with Crippen molar-refractivity contribution in [3.8, 4) is 12.3 Å². The van der Waals surface area contributed by atoms with Crippen LogP contribution in [0.5, 0.6) is 0 Å². The lowest BCUT2D eigenvalue weighted by molar-refractivity contribution is 0.538. The fourth-order valence-electron chi connectivity index (χ4n) is 1.51. The first-order valence-electron chi connectivity index (χ1n) is 6.15. The van der Waals surface area contributed by atoms with Crippen LogP contribution in [0.2, 0.25) is 0 Å². The highest BCUT2D eigenvalue weighted by Gasteiger charge is 2.03. The summed E-state index contributed by atoms with van der Waals surface area (Å²) < 4.78 is 0. The van der Waals surface area contributed by atoms with Crippen molar-refractivity contribution in [1.82, 2.24) is 10.6 Å². The molecule has 92 valence electrons. The molecule has 0 rings (SSSR count). The number of nitrogens with one attached hydrogen (secondary N) is 2. The molecule has 2 N–H and O–H groups in total. The Morgan fingerprint density at radius 2 is 2.12 bits per heavy atom. The maximum atomic E-state index is 5.18. The van der Waals surface area contributed by atoms with Crippen molar-refractivity contribution in [2.24, 2.45) is 4.99 Å². The van der Waals surface area contributed by atoms with Crippen LogP contribution in [0.4, 0.5) is 0 Å². The van der Waals surface area contributed by atoms with Crippen LogP contribution >= 0.6 is 0 Å². The average molecular weight is 223 g/mol. The summed E-state index contributed by atoms with van der Waals surface area (Å²) >= 11 is 0. The molecule has 0 spiro atoms. The van der Waals surface area contributed by atoms with E-state index in [0.717, 1.165) is 5.96 Å². The summed E-state index contributed by atoms with van der Waals surface area (Å²) in [5.74, 6) is 3.33. The highest BCUT2D eigenvalue weighted by molar-refractivity contribution is 5.80. The van der Waals surface area contributed by atoms with Gasteiger partial charge in [0.15, 0.2) is 5.96 Å². The fraction of sp³-hybridized carbons (Fsp3) is 0.769. The molecule has 0 radical (unpaired) electrons. The van der Waals surface area contributed by atoms with Gasteiger partial charge in [0.2, 0.25) is 0 Å². The largest absolute Gasteiger partial charge is 0.354 e. The number of terminal acetylenes is 1. The Labute approximate surface area is 100 Å². The second kappa shape index (κ2) is 10.4. The smallest absolute Gasteiger partial charge is 0.191 e. The molecule has 0 amide bonds. The Bertz CT molecular complexity index is 228. The van der Waals surface area contributed by atoms with Gasteiger partial charge in [-0.1, -0.05) is 38.5 Å². The van der Waals surface area contributed by atoms with Gasteiger partial charge in [-0.05, 0) is 13.3 Å². The first kappa shape index (κ1) is 14.8. The minimum absolute atomic E-state index is 0.445. The van der Waals surface area contributed by atoms with Gasteiger partial charge in [-0.15, -0.1) is 6.42 Å². The Kier molecular flexibility index (Phi) is 9.59. The van der Waals surface area contributed by atoms with Crippen molar-refractivity contribution >= 4 is 5.96 Å². The summed E-state index contributed by atoms with van der Waals surface area (Å²) in [6.07, 6.45) is 11.6. The second-order valence-electron chi connectivity index (χ2n) is 4.02. The first-order valence-corrected chi connectivity index (χ1v) is 6.15. The maximum Gasteiger partial charge on any atom is 0.191 e. The van der Waals surface area contributed by atoms with Crippen molar-refractivity contribution in [3.63, 3.8) is 0 Å². The van der Waals surface area contributed by atoms with Crippen LogP contribution in [0.1, 0.15) is 46.0 Å². The highest BCUT2D eigenvalue weighted by Crippen LogP contribution is 2.04. The lowest BCUT2D eigenvalue weighted by atomic mass is 10.1. The van der Waals surface area contributed by atoms with Gasteiger partial charge in [-0.25, -0.2) is 0 Å². The molecule has 1 atom stereocenters. The minimum atomic E-state index is 0.445. The summed E-state index contributed by atoms with van der Waals surface area (Å²) in [6, 6.07) is 0.445. The lowest BCUT2D eigenvalue weighted by Gasteiger charge is -2.16. The molecule has 0 aliphatic carbocycles. The van der Waals surface area contributed by atoms with Crippen LogP contribution in [0.3, 0.4) is 0 Å². The fourth-order valence-corrected chi connectivity index (χ4v) is 1.51. The van der Waals surface area contributed by atoms with Crippen molar-refractivity contribution in [2.75, 3.05) is 13.6 Å². The van der Waals surface area contributed by atoms with Gasteiger partial charge in [0.1, 0.15) is 0 Å². The van der Waals surface area contributed by atoms with E-state index in [-0.39, 0.29) is 0 Å². The molecule has 0 fully saturated rings. The molecule has 0 aliphatic heterocycles. The molecule has 0 aromatic carbocycles. The number of hydrogen-bond donors (Lipinski definition) is 2. The summed E-state index contributed by atoms with van der Waals surface area (Å²) in [7, 11) is 1.76. The van der Waals surface area contributed by atoms with E-state index in [2.05, 4.69) is 35.4 Å². The van der Waals surface area contributed by atoms with Crippen molar-refractivity contribution in [3.05, 3.63) is 0 Å². The van der Waals surface area contributed by atoms with E-state index in [1.165, 1.54) is 32.1 Å². The van der Waals surface area contributed by atoms with Crippen molar-refractivity contribution in [1.29, 1.82) is 0 Å². The molecule has 0 aromatic heterocycles. The van der Waals surface area contributed by atoms with E-state index in [1.54, 1.807) is 7.05 Å². The molecular weight excluding hydrogens is 198 g/mol. The number of nitrogens with zero attached hydrogens (tertiary/aromatic N) is 1. The van der Waals surface area contributed by atoms with E-state index in [1.807, 2.05) is 0 Å². The average Bonchev–Trinajstić information content (AvgIpc) is 2.30. The number of guanidine groups is 1. The SMILES string of the molecule is C#CCNC(=NC)NC(C)CCCCCC.